The van der Waals surface area contributed by atoms with Gasteiger partial charge in [0.2, 0.25) is 5.91 Å². The molecule has 1 saturated heterocycles. The van der Waals surface area contributed by atoms with Gasteiger partial charge in [0.15, 0.2) is 0 Å². The van der Waals surface area contributed by atoms with Crippen LogP contribution >= 0.6 is 0 Å². The zero-order valence-electron chi connectivity index (χ0n) is 15.9. The summed E-state index contributed by atoms with van der Waals surface area (Å²) in [5.74, 6) is -0.692. The third-order valence-corrected chi connectivity index (χ3v) is 6.15. The summed E-state index contributed by atoms with van der Waals surface area (Å²) in [5.41, 5.74) is 0.363. The van der Waals surface area contributed by atoms with E-state index in [1.165, 1.54) is 0 Å². The number of carbonyl (C=O) groups is 2. The van der Waals surface area contributed by atoms with Gasteiger partial charge in [0, 0.05) is 19.8 Å². The van der Waals surface area contributed by atoms with E-state index in [0.29, 0.717) is 13.2 Å². The van der Waals surface area contributed by atoms with E-state index >= 15 is 0 Å². The van der Waals surface area contributed by atoms with E-state index < -0.39 is 17.3 Å². The van der Waals surface area contributed by atoms with Crippen molar-refractivity contribution >= 4 is 11.9 Å². The van der Waals surface area contributed by atoms with Gasteiger partial charge in [-0.1, -0.05) is 25.0 Å². The number of amides is 1. The zero-order valence-corrected chi connectivity index (χ0v) is 15.9. The van der Waals surface area contributed by atoms with Gasteiger partial charge >= 0.3 is 5.97 Å². The molecule has 3 rings (SSSR count). The largest absolute Gasteiger partial charge is 0.497 e. The Morgan fingerprint density at radius 2 is 2.00 bits per heavy atom. The van der Waals surface area contributed by atoms with Gasteiger partial charge in [-0.15, -0.1) is 0 Å². The first kappa shape index (κ1) is 19.7. The standard InChI is InChI=1S/C21H29NO5/c1-26-17-6-4-5-16(13-17)21(9-2-3-10-21)20(25)22-14-18(19(23)24)15-7-11-27-12-8-15/h4-6,13,15,18H,2-3,7-12,14H2,1H3,(H,22,25)(H,23,24). The number of nitrogens with one attached hydrogen (secondary N) is 1. The molecule has 0 aromatic heterocycles. The number of hydrogen-bond donors (Lipinski definition) is 2. The summed E-state index contributed by atoms with van der Waals surface area (Å²) in [4.78, 5) is 25.0. The molecule has 1 aromatic rings. The molecule has 6 heteroatoms. The Morgan fingerprint density at radius 3 is 2.63 bits per heavy atom. The number of benzene rings is 1. The van der Waals surface area contributed by atoms with Crippen molar-refractivity contribution < 1.29 is 24.2 Å². The van der Waals surface area contributed by atoms with Crippen LogP contribution in [0.4, 0.5) is 0 Å². The van der Waals surface area contributed by atoms with Crippen molar-refractivity contribution in [1.82, 2.24) is 5.32 Å². The van der Waals surface area contributed by atoms with Crippen molar-refractivity contribution in [2.45, 2.75) is 43.9 Å². The number of hydrogen-bond acceptors (Lipinski definition) is 4. The minimum atomic E-state index is -0.843. The Balaban J connectivity index is 1.74. The molecule has 1 aliphatic carbocycles. The summed E-state index contributed by atoms with van der Waals surface area (Å²) in [6.07, 6.45) is 5.00. The number of aliphatic carboxylic acids is 1. The molecular weight excluding hydrogens is 346 g/mol. The second-order valence-electron chi connectivity index (χ2n) is 7.63. The highest BCUT2D eigenvalue weighted by atomic mass is 16.5. The van der Waals surface area contributed by atoms with E-state index in [4.69, 9.17) is 9.47 Å². The van der Waals surface area contributed by atoms with Crippen LogP contribution in [0.15, 0.2) is 24.3 Å². The topological polar surface area (TPSA) is 84.9 Å². The maximum absolute atomic E-state index is 13.2. The molecule has 27 heavy (non-hydrogen) atoms. The lowest BCUT2D eigenvalue weighted by Crippen LogP contribution is -2.46. The molecular formula is C21H29NO5. The van der Waals surface area contributed by atoms with Crippen LogP contribution in [0.25, 0.3) is 0 Å². The molecule has 1 atom stereocenters. The average molecular weight is 375 g/mol. The predicted octanol–water partition coefficient (Wildman–Crippen LogP) is 2.75. The van der Waals surface area contributed by atoms with E-state index in [9.17, 15) is 14.7 Å². The van der Waals surface area contributed by atoms with Crippen LogP contribution in [-0.4, -0.2) is 43.9 Å². The quantitative estimate of drug-likeness (QED) is 0.765. The molecule has 1 unspecified atom stereocenters. The molecule has 2 fully saturated rings. The highest BCUT2D eigenvalue weighted by Gasteiger charge is 2.43. The zero-order chi connectivity index (χ0) is 19.3. The molecule has 1 amide bonds. The van der Waals surface area contributed by atoms with E-state index in [1.807, 2.05) is 24.3 Å². The van der Waals surface area contributed by atoms with Crippen LogP contribution in [0, 0.1) is 11.8 Å². The number of ether oxygens (including phenoxy) is 2. The van der Waals surface area contributed by atoms with Gasteiger partial charge in [-0.3, -0.25) is 9.59 Å². The molecule has 2 N–H and O–H groups in total. The fourth-order valence-electron chi connectivity index (χ4n) is 4.49. The van der Waals surface area contributed by atoms with Crippen LogP contribution < -0.4 is 10.1 Å². The number of carboxylic acids is 1. The summed E-state index contributed by atoms with van der Waals surface area (Å²) in [7, 11) is 1.62. The Hall–Kier alpha value is -2.08. The Morgan fingerprint density at radius 1 is 1.30 bits per heavy atom. The summed E-state index contributed by atoms with van der Waals surface area (Å²) in [6.45, 7) is 1.36. The van der Waals surface area contributed by atoms with Gasteiger partial charge in [-0.25, -0.2) is 0 Å². The SMILES string of the molecule is COc1cccc(C2(C(=O)NCC(C(=O)O)C3CCOCC3)CCCC2)c1. The molecule has 6 nitrogen and oxygen atoms in total. The van der Waals surface area contributed by atoms with Gasteiger partial charge in [-0.05, 0) is 49.3 Å². The van der Waals surface area contributed by atoms with Gasteiger partial charge in [-0.2, -0.15) is 0 Å². The highest BCUT2D eigenvalue weighted by Crippen LogP contribution is 2.42. The summed E-state index contributed by atoms with van der Waals surface area (Å²) >= 11 is 0. The number of rotatable bonds is 7. The number of carbonyl (C=O) groups excluding carboxylic acids is 1. The molecule has 1 saturated carbocycles. The van der Waals surface area contributed by atoms with E-state index in [-0.39, 0.29) is 18.4 Å². The van der Waals surface area contributed by atoms with E-state index in [1.54, 1.807) is 7.11 Å². The summed E-state index contributed by atoms with van der Waals surface area (Å²) < 4.78 is 10.7. The lowest BCUT2D eigenvalue weighted by Gasteiger charge is -2.31. The van der Waals surface area contributed by atoms with Crippen LogP contribution in [0.3, 0.4) is 0 Å². The van der Waals surface area contributed by atoms with Gasteiger partial charge < -0.3 is 19.9 Å². The van der Waals surface area contributed by atoms with E-state index in [2.05, 4.69) is 5.32 Å². The normalized spacial score (nSPS) is 20.8. The molecule has 2 aliphatic rings. The molecule has 0 bridgehead atoms. The molecule has 1 aromatic carbocycles. The second-order valence-corrected chi connectivity index (χ2v) is 7.63. The van der Waals surface area contributed by atoms with Gasteiger partial charge in [0.05, 0.1) is 18.4 Å². The van der Waals surface area contributed by atoms with Crippen LogP contribution in [0.1, 0.15) is 44.1 Å². The predicted molar refractivity (Wildman–Crippen MR) is 101 cm³/mol. The first-order chi connectivity index (χ1) is 13.1. The van der Waals surface area contributed by atoms with Gasteiger partial charge in [0.1, 0.15) is 5.75 Å². The van der Waals surface area contributed by atoms with Crippen molar-refractivity contribution in [2.75, 3.05) is 26.9 Å². The Labute approximate surface area is 160 Å². The smallest absolute Gasteiger partial charge is 0.308 e. The van der Waals surface area contributed by atoms with Crippen molar-refractivity contribution in [3.8, 4) is 5.75 Å². The summed E-state index contributed by atoms with van der Waals surface area (Å²) in [5, 5.41) is 12.6. The van der Waals surface area contributed by atoms with Crippen LogP contribution in [-0.2, 0) is 19.7 Å². The third kappa shape index (κ3) is 4.26. The first-order valence-electron chi connectivity index (χ1n) is 9.80. The van der Waals surface area contributed by atoms with Crippen molar-refractivity contribution in [2.24, 2.45) is 11.8 Å². The lowest BCUT2D eigenvalue weighted by molar-refractivity contribution is -0.145. The van der Waals surface area contributed by atoms with Crippen LogP contribution in [0.5, 0.6) is 5.75 Å². The number of carboxylic acid groups (broad SMARTS) is 1. The number of methoxy groups -OCH3 is 1. The third-order valence-electron chi connectivity index (χ3n) is 6.15. The van der Waals surface area contributed by atoms with E-state index in [0.717, 1.165) is 49.8 Å². The lowest BCUT2D eigenvalue weighted by atomic mass is 9.77. The minimum absolute atomic E-state index is 0.0490. The van der Waals surface area contributed by atoms with Crippen LogP contribution in [0.2, 0.25) is 0 Å². The maximum atomic E-state index is 13.2. The Bertz CT molecular complexity index is 662. The molecule has 0 spiro atoms. The van der Waals surface area contributed by atoms with Crippen molar-refractivity contribution in [3.63, 3.8) is 0 Å². The fourth-order valence-corrected chi connectivity index (χ4v) is 4.49. The second kappa shape index (κ2) is 8.74. The fraction of sp³-hybridized carbons (Fsp3) is 0.619. The monoisotopic (exact) mass is 375 g/mol. The maximum Gasteiger partial charge on any atom is 0.308 e. The average Bonchev–Trinajstić information content (AvgIpc) is 3.20. The molecule has 1 aliphatic heterocycles. The minimum Gasteiger partial charge on any atom is -0.497 e. The molecule has 0 radical (unpaired) electrons. The summed E-state index contributed by atoms with van der Waals surface area (Å²) in [6, 6.07) is 7.68. The van der Waals surface area contributed by atoms with Crippen molar-refractivity contribution in [1.29, 1.82) is 0 Å². The molecule has 1 heterocycles. The Kier molecular flexibility index (Phi) is 6.37. The molecule has 148 valence electrons. The first-order valence-corrected chi connectivity index (χ1v) is 9.80. The highest BCUT2D eigenvalue weighted by molar-refractivity contribution is 5.89. The van der Waals surface area contributed by atoms with Crippen molar-refractivity contribution in [3.05, 3.63) is 29.8 Å². The van der Waals surface area contributed by atoms with Gasteiger partial charge in [0.25, 0.3) is 0 Å².